The number of carbonyl (C=O) groups excluding carboxylic acids is 1. The number of fused-ring (bicyclic) bond motifs is 1. The molecule has 5 heteroatoms. The van der Waals surface area contributed by atoms with Gasteiger partial charge in [0.05, 0.1) is 11.8 Å². The molecule has 2 heterocycles. The Hall–Kier alpha value is -1.88. The van der Waals surface area contributed by atoms with Gasteiger partial charge in [-0.05, 0) is 25.0 Å². The topological polar surface area (TPSA) is 66.6 Å². The van der Waals surface area contributed by atoms with Gasteiger partial charge in [0.1, 0.15) is 11.3 Å². The van der Waals surface area contributed by atoms with Gasteiger partial charge in [-0.3, -0.25) is 9.20 Å². The van der Waals surface area contributed by atoms with Gasteiger partial charge in [0.15, 0.2) is 0 Å². The average Bonchev–Trinajstić information content (AvgIpc) is 2.88. The second-order valence-corrected chi connectivity index (χ2v) is 5.42. The molecule has 20 heavy (non-hydrogen) atoms. The highest BCUT2D eigenvalue weighted by molar-refractivity contribution is 5.93. The largest absolute Gasteiger partial charge is 0.388 e. The fourth-order valence-electron chi connectivity index (χ4n) is 2.06. The second-order valence-electron chi connectivity index (χ2n) is 5.42. The number of nitrogens with zero attached hydrogens (tertiary/aromatic N) is 2. The normalized spacial score (nSPS) is 15.8. The Labute approximate surface area is 118 Å². The van der Waals surface area contributed by atoms with Crippen LogP contribution < -0.4 is 5.32 Å². The Kier molecular flexibility index (Phi) is 4.09. The maximum atomic E-state index is 12.2. The summed E-state index contributed by atoms with van der Waals surface area (Å²) in [5, 5.41) is 13.1. The summed E-state index contributed by atoms with van der Waals surface area (Å²) in [5.74, 6) is -0.114. The van der Waals surface area contributed by atoms with Gasteiger partial charge in [0, 0.05) is 12.7 Å². The zero-order chi connectivity index (χ0) is 14.8. The molecule has 2 N–H and O–H groups in total. The number of nitrogens with one attached hydrogen (secondary N) is 1. The van der Waals surface area contributed by atoms with E-state index in [1.807, 2.05) is 32.0 Å². The first-order valence-electron chi connectivity index (χ1n) is 6.88. The maximum absolute atomic E-state index is 12.2. The molecule has 0 fully saturated rings. The van der Waals surface area contributed by atoms with E-state index < -0.39 is 5.60 Å². The van der Waals surface area contributed by atoms with Crippen molar-refractivity contribution < 1.29 is 9.90 Å². The number of carbonyl (C=O) groups is 1. The van der Waals surface area contributed by atoms with E-state index in [4.69, 9.17) is 0 Å². The molecule has 0 radical (unpaired) electrons. The van der Waals surface area contributed by atoms with Crippen LogP contribution in [0.4, 0.5) is 0 Å². The van der Waals surface area contributed by atoms with E-state index in [2.05, 4.69) is 10.3 Å². The third-order valence-corrected chi connectivity index (χ3v) is 3.93. The number of hydrogen-bond donors (Lipinski definition) is 2. The molecule has 2 aromatic rings. The summed E-state index contributed by atoms with van der Waals surface area (Å²) >= 11 is 0. The first-order valence-corrected chi connectivity index (χ1v) is 6.88. The van der Waals surface area contributed by atoms with Crippen LogP contribution >= 0.6 is 0 Å². The molecule has 108 valence electrons. The lowest BCUT2D eigenvalue weighted by atomic mass is 9.88. The first-order chi connectivity index (χ1) is 9.45. The molecule has 0 spiro atoms. The summed E-state index contributed by atoms with van der Waals surface area (Å²) < 4.78 is 1.73. The minimum Gasteiger partial charge on any atom is -0.388 e. The lowest BCUT2D eigenvalue weighted by molar-refractivity contribution is 0.00587. The molecule has 2 rings (SSSR count). The standard InChI is InChI=1S/C15H21N3O2/c1-4-11(2)15(3,20)10-17-14(19)12-9-16-13-7-5-6-8-18(12)13/h5-9,11,20H,4,10H2,1-3H3,(H,17,19). The van der Waals surface area contributed by atoms with Crippen LogP contribution in [0.3, 0.4) is 0 Å². The van der Waals surface area contributed by atoms with E-state index in [1.165, 1.54) is 0 Å². The van der Waals surface area contributed by atoms with Crippen molar-refractivity contribution in [1.29, 1.82) is 0 Å². The number of imidazole rings is 1. The molecule has 0 aliphatic rings. The molecular weight excluding hydrogens is 254 g/mol. The van der Waals surface area contributed by atoms with Crippen molar-refractivity contribution >= 4 is 11.6 Å². The van der Waals surface area contributed by atoms with Crippen LogP contribution in [0.15, 0.2) is 30.6 Å². The fourth-order valence-corrected chi connectivity index (χ4v) is 2.06. The van der Waals surface area contributed by atoms with Crippen molar-refractivity contribution in [3.8, 4) is 0 Å². The van der Waals surface area contributed by atoms with Crippen molar-refractivity contribution in [2.24, 2.45) is 5.92 Å². The zero-order valence-electron chi connectivity index (χ0n) is 12.1. The summed E-state index contributed by atoms with van der Waals surface area (Å²) in [6.07, 6.45) is 4.20. The highest BCUT2D eigenvalue weighted by Crippen LogP contribution is 2.19. The van der Waals surface area contributed by atoms with Crippen LogP contribution in [-0.2, 0) is 0 Å². The lowest BCUT2D eigenvalue weighted by Gasteiger charge is -2.29. The van der Waals surface area contributed by atoms with Crippen molar-refractivity contribution in [3.63, 3.8) is 0 Å². The van der Waals surface area contributed by atoms with Gasteiger partial charge < -0.3 is 10.4 Å². The minimum atomic E-state index is -0.912. The minimum absolute atomic E-state index is 0.116. The van der Waals surface area contributed by atoms with Crippen LogP contribution in [0.2, 0.25) is 0 Å². The zero-order valence-corrected chi connectivity index (χ0v) is 12.1. The van der Waals surface area contributed by atoms with E-state index >= 15 is 0 Å². The third kappa shape index (κ3) is 2.82. The molecular formula is C15H21N3O2. The van der Waals surface area contributed by atoms with E-state index in [0.29, 0.717) is 5.69 Å². The predicted molar refractivity (Wildman–Crippen MR) is 77.6 cm³/mol. The summed E-state index contributed by atoms with van der Waals surface area (Å²) in [5.41, 5.74) is 0.289. The Morgan fingerprint density at radius 2 is 2.30 bits per heavy atom. The van der Waals surface area contributed by atoms with Crippen LogP contribution in [0.25, 0.3) is 5.65 Å². The van der Waals surface area contributed by atoms with E-state index in [-0.39, 0.29) is 18.4 Å². The molecule has 0 saturated carbocycles. The van der Waals surface area contributed by atoms with Crippen LogP contribution in [0, 0.1) is 5.92 Å². The van der Waals surface area contributed by atoms with Crippen LogP contribution in [-0.4, -0.2) is 32.5 Å². The third-order valence-electron chi connectivity index (χ3n) is 3.93. The van der Waals surface area contributed by atoms with Gasteiger partial charge in [-0.25, -0.2) is 4.98 Å². The molecule has 2 aromatic heterocycles. The quantitative estimate of drug-likeness (QED) is 0.875. The number of aliphatic hydroxyl groups is 1. The second kappa shape index (κ2) is 5.63. The smallest absolute Gasteiger partial charge is 0.270 e. The molecule has 0 saturated heterocycles. The van der Waals surface area contributed by atoms with Crippen molar-refractivity contribution in [2.45, 2.75) is 32.8 Å². The van der Waals surface area contributed by atoms with E-state index in [1.54, 1.807) is 23.7 Å². The highest BCUT2D eigenvalue weighted by Gasteiger charge is 2.27. The van der Waals surface area contributed by atoms with Crippen molar-refractivity contribution in [2.75, 3.05) is 6.54 Å². The summed E-state index contributed by atoms with van der Waals surface area (Å²) in [6.45, 7) is 5.96. The maximum Gasteiger partial charge on any atom is 0.270 e. The number of hydrogen-bond acceptors (Lipinski definition) is 3. The van der Waals surface area contributed by atoms with Crippen molar-refractivity contribution in [1.82, 2.24) is 14.7 Å². The first kappa shape index (κ1) is 14.5. The fraction of sp³-hybridized carbons (Fsp3) is 0.467. The van der Waals surface area contributed by atoms with Crippen LogP contribution in [0.1, 0.15) is 37.7 Å². The van der Waals surface area contributed by atoms with Gasteiger partial charge in [0.25, 0.3) is 5.91 Å². The van der Waals surface area contributed by atoms with Gasteiger partial charge in [0.2, 0.25) is 0 Å². The van der Waals surface area contributed by atoms with Gasteiger partial charge in [-0.2, -0.15) is 0 Å². The average molecular weight is 275 g/mol. The molecule has 2 atom stereocenters. The molecule has 0 bridgehead atoms. The predicted octanol–water partition coefficient (Wildman–Crippen LogP) is 1.86. The Morgan fingerprint density at radius 3 is 3.00 bits per heavy atom. The number of amides is 1. The van der Waals surface area contributed by atoms with Gasteiger partial charge >= 0.3 is 0 Å². The van der Waals surface area contributed by atoms with E-state index in [9.17, 15) is 9.90 Å². The number of rotatable bonds is 5. The molecule has 0 aliphatic heterocycles. The highest BCUT2D eigenvalue weighted by atomic mass is 16.3. The molecule has 0 aliphatic carbocycles. The molecule has 1 amide bonds. The summed E-state index contributed by atoms with van der Waals surface area (Å²) in [7, 11) is 0. The number of pyridine rings is 1. The Morgan fingerprint density at radius 1 is 1.55 bits per heavy atom. The molecule has 5 nitrogen and oxygen atoms in total. The van der Waals surface area contributed by atoms with Crippen LogP contribution in [0.5, 0.6) is 0 Å². The van der Waals surface area contributed by atoms with Gasteiger partial charge in [-0.1, -0.05) is 26.3 Å². The molecule has 2 unspecified atom stereocenters. The van der Waals surface area contributed by atoms with Crippen molar-refractivity contribution in [3.05, 3.63) is 36.3 Å². The Bertz CT molecular complexity index is 604. The SMILES string of the molecule is CCC(C)C(C)(O)CNC(=O)c1cnc2ccccn12. The van der Waals surface area contributed by atoms with E-state index in [0.717, 1.165) is 12.1 Å². The Balaban J connectivity index is 2.09. The summed E-state index contributed by atoms with van der Waals surface area (Å²) in [6, 6.07) is 5.56. The van der Waals surface area contributed by atoms with Gasteiger partial charge in [-0.15, -0.1) is 0 Å². The molecule has 0 aromatic carbocycles. The monoisotopic (exact) mass is 275 g/mol. The summed E-state index contributed by atoms with van der Waals surface area (Å²) in [4.78, 5) is 16.4. The lowest BCUT2D eigenvalue weighted by Crippen LogP contribution is -2.45. The number of aromatic nitrogens is 2.